The van der Waals surface area contributed by atoms with Crippen molar-refractivity contribution < 1.29 is 15.0 Å². The van der Waals surface area contributed by atoms with Gasteiger partial charge in [0.05, 0.1) is 11.1 Å². The number of aliphatic hydroxyl groups is 2. The van der Waals surface area contributed by atoms with Crippen molar-refractivity contribution in [3.63, 3.8) is 0 Å². The van der Waals surface area contributed by atoms with E-state index in [9.17, 15) is 19.8 Å². The Kier molecular flexibility index (Phi) is 5.33. The van der Waals surface area contributed by atoms with E-state index in [0.717, 1.165) is 0 Å². The summed E-state index contributed by atoms with van der Waals surface area (Å²) < 4.78 is 0. The maximum atomic E-state index is 11.4. The minimum absolute atomic E-state index is 0.00201. The number of hydrogen-bond acceptors (Lipinski definition) is 4. The maximum Gasteiger partial charge on any atom is 0.253 e. The Labute approximate surface area is 109 Å². The van der Waals surface area contributed by atoms with E-state index in [4.69, 9.17) is 11.6 Å². The fourth-order valence-corrected chi connectivity index (χ4v) is 1.63. The predicted molar refractivity (Wildman–Crippen MR) is 66.3 cm³/mol. The molecule has 0 aliphatic carbocycles. The molecule has 1 aromatic rings. The number of hydrogen-bond donors (Lipinski definition) is 4. The van der Waals surface area contributed by atoms with Crippen LogP contribution in [0, 0.1) is 0 Å². The minimum Gasteiger partial charge on any atom is -0.390 e. The summed E-state index contributed by atoms with van der Waals surface area (Å²) in [6.45, 7) is 1.57. The highest BCUT2D eigenvalue weighted by Crippen LogP contribution is 2.17. The topological polar surface area (TPSA) is 102 Å². The largest absolute Gasteiger partial charge is 0.390 e. The second-order valence-corrected chi connectivity index (χ2v) is 4.32. The van der Waals surface area contributed by atoms with E-state index >= 15 is 0 Å². The predicted octanol–water partition coefficient (Wildman–Crippen LogP) is -0.0512. The summed E-state index contributed by atoms with van der Waals surface area (Å²) in [5.41, 5.74) is -0.511. The van der Waals surface area contributed by atoms with Gasteiger partial charge in [-0.05, 0) is 12.5 Å². The Balaban J connectivity index is 2.68. The van der Waals surface area contributed by atoms with Crippen molar-refractivity contribution in [2.75, 3.05) is 6.54 Å². The van der Waals surface area contributed by atoms with Crippen molar-refractivity contribution in [2.24, 2.45) is 0 Å². The van der Waals surface area contributed by atoms with Gasteiger partial charge in [-0.25, -0.2) is 0 Å². The molecule has 0 saturated heterocycles. The SMILES string of the molecule is CC(=O)NCCC(O)C(O)c1cc(Cl)c[nH]c1=O. The molecule has 100 valence electrons. The van der Waals surface area contributed by atoms with Crippen LogP contribution < -0.4 is 10.9 Å². The van der Waals surface area contributed by atoms with Crippen LogP contribution in [0.3, 0.4) is 0 Å². The highest BCUT2D eigenvalue weighted by atomic mass is 35.5. The van der Waals surface area contributed by atoms with Crippen LogP contribution in [0.2, 0.25) is 5.02 Å². The third kappa shape index (κ3) is 4.14. The Morgan fingerprint density at radius 3 is 2.83 bits per heavy atom. The summed E-state index contributed by atoms with van der Waals surface area (Å²) in [6.07, 6.45) is -1.08. The van der Waals surface area contributed by atoms with Crippen LogP contribution in [0.25, 0.3) is 0 Å². The molecule has 0 aliphatic rings. The highest BCUT2D eigenvalue weighted by Gasteiger charge is 2.21. The minimum atomic E-state index is -1.35. The molecular weight excluding hydrogens is 260 g/mol. The van der Waals surface area contributed by atoms with Crippen LogP contribution in [0.4, 0.5) is 0 Å². The van der Waals surface area contributed by atoms with Crippen LogP contribution in [-0.2, 0) is 4.79 Å². The van der Waals surface area contributed by atoms with Crippen molar-refractivity contribution in [1.29, 1.82) is 0 Å². The second-order valence-electron chi connectivity index (χ2n) is 3.89. The molecule has 1 rings (SSSR count). The zero-order valence-corrected chi connectivity index (χ0v) is 10.6. The van der Waals surface area contributed by atoms with Crippen LogP contribution in [0.5, 0.6) is 0 Å². The molecule has 0 aromatic carbocycles. The van der Waals surface area contributed by atoms with Gasteiger partial charge in [-0.3, -0.25) is 9.59 Å². The molecule has 7 heteroatoms. The third-order valence-corrected chi connectivity index (χ3v) is 2.61. The summed E-state index contributed by atoms with van der Waals surface area (Å²) in [6, 6.07) is 1.30. The summed E-state index contributed by atoms with van der Waals surface area (Å²) in [5, 5.41) is 22.3. The number of H-pyrrole nitrogens is 1. The van der Waals surface area contributed by atoms with Gasteiger partial charge in [-0.15, -0.1) is 0 Å². The van der Waals surface area contributed by atoms with Gasteiger partial charge in [-0.1, -0.05) is 11.6 Å². The Morgan fingerprint density at radius 1 is 1.56 bits per heavy atom. The fourth-order valence-electron chi connectivity index (χ4n) is 1.45. The van der Waals surface area contributed by atoms with E-state index in [1.165, 1.54) is 19.2 Å². The number of amides is 1. The molecule has 1 heterocycles. The number of aromatic nitrogens is 1. The molecule has 6 nitrogen and oxygen atoms in total. The lowest BCUT2D eigenvalue weighted by atomic mass is 10.0. The van der Waals surface area contributed by atoms with Crippen LogP contribution >= 0.6 is 11.6 Å². The number of carbonyl (C=O) groups excluding carboxylic acids is 1. The highest BCUT2D eigenvalue weighted by molar-refractivity contribution is 6.30. The lowest BCUT2D eigenvalue weighted by molar-refractivity contribution is -0.119. The normalized spacial score (nSPS) is 14.0. The third-order valence-electron chi connectivity index (χ3n) is 2.39. The van der Waals surface area contributed by atoms with Crippen molar-refractivity contribution in [3.8, 4) is 0 Å². The van der Waals surface area contributed by atoms with Gasteiger partial charge in [0.15, 0.2) is 0 Å². The Bertz CT molecular complexity index is 474. The zero-order chi connectivity index (χ0) is 13.7. The first kappa shape index (κ1) is 14.7. The summed E-state index contributed by atoms with van der Waals surface area (Å²) in [7, 11) is 0. The monoisotopic (exact) mass is 274 g/mol. The number of nitrogens with one attached hydrogen (secondary N) is 2. The molecule has 0 fully saturated rings. The van der Waals surface area contributed by atoms with Crippen molar-refractivity contribution in [2.45, 2.75) is 25.6 Å². The first-order valence-corrected chi connectivity index (χ1v) is 5.78. The number of halogens is 1. The molecule has 1 amide bonds. The Hall–Kier alpha value is -1.37. The summed E-state index contributed by atoms with van der Waals surface area (Å²) >= 11 is 5.69. The molecule has 0 bridgehead atoms. The average Bonchev–Trinajstić information content (AvgIpc) is 2.30. The maximum absolute atomic E-state index is 11.4. The van der Waals surface area contributed by atoms with Gasteiger partial charge >= 0.3 is 0 Å². The van der Waals surface area contributed by atoms with E-state index < -0.39 is 17.8 Å². The smallest absolute Gasteiger partial charge is 0.253 e. The fraction of sp³-hybridized carbons (Fsp3) is 0.455. The van der Waals surface area contributed by atoms with Crippen LogP contribution in [0.1, 0.15) is 25.0 Å². The Morgan fingerprint density at radius 2 is 2.22 bits per heavy atom. The van der Waals surface area contributed by atoms with Crippen molar-refractivity contribution in [3.05, 3.63) is 33.2 Å². The quantitative estimate of drug-likeness (QED) is 0.604. The molecule has 18 heavy (non-hydrogen) atoms. The number of aromatic amines is 1. The van der Waals surface area contributed by atoms with Crippen LogP contribution in [0.15, 0.2) is 17.1 Å². The number of carbonyl (C=O) groups is 1. The molecular formula is C11H15ClN2O4. The first-order valence-electron chi connectivity index (χ1n) is 5.40. The lowest BCUT2D eigenvalue weighted by Crippen LogP contribution is -2.30. The number of rotatable bonds is 5. The van der Waals surface area contributed by atoms with Crippen molar-refractivity contribution in [1.82, 2.24) is 10.3 Å². The van der Waals surface area contributed by atoms with Gasteiger partial charge in [0.25, 0.3) is 5.56 Å². The second kappa shape index (κ2) is 6.53. The van der Waals surface area contributed by atoms with Gasteiger partial charge in [0.2, 0.25) is 5.91 Å². The van der Waals surface area contributed by atoms with E-state index in [-0.39, 0.29) is 29.5 Å². The standard InChI is InChI=1S/C11H15ClN2O4/c1-6(15)13-3-2-9(16)10(17)8-4-7(12)5-14-11(8)18/h4-5,9-10,16-17H,2-3H2,1H3,(H,13,15)(H,14,18). The average molecular weight is 275 g/mol. The molecule has 1 aromatic heterocycles. The molecule has 0 radical (unpaired) electrons. The van der Waals surface area contributed by atoms with Gasteiger partial charge < -0.3 is 20.5 Å². The van der Waals surface area contributed by atoms with Crippen molar-refractivity contribution >= 4 is 17.5 Å². The lowest BCUT2D eigenvalue weighted by Gasteiger charge is -2.17. The van der Waals surface area contributed by atoms with Gasteiger partial charge in [0.1, 0.15) is 6.10 Å². The first-order chi connectivity index (χ1) is 8.41. The zero-order valence-electron chi connectivity index (χ0n) is 9.81. The number of pyridine rings is 1. The van der Waals surface area contributed by atoms with E-state index in [1.807, 2.05) is 0 Å². The summed E-state index contributed by atoms with van der Waals surface area (Å²) in [4.78, 5) is 24.4. The van der Waals surface area contributed by atoms with Gasteiger partial charge in [0, 0.05) is 25.2 Å². The van der Waals surface area contributed by atoms with E-state index in [0.29, 0.717) is 0 Å². The van der Waals surface area contributed by atoms with Gasteiger partial charge in [-0.2, -0.15) is 0 Å². The summed E-state index contributed by atoms with van der Waals surface area (Å²) in [5.74, 6) is -0.225. The number of aliphatic hydroxyl groups excluding tert-OH is 2. The molecule has 2 unspecified atom stereocenters. The molecule has 4 N–H and O–H groups in total. The molecule has 0 spiro atoms. The van der Waals surface area contributed by atoms with Crippen LogP contribution in [-0.4, -0.2) is 33.8 Å². The molecule has 0 saturated carbocycles. The van der Waals surface area contributed by atoms with E-state index in [1.54, 1.807) is 0 Å². The molecule has 0 aliphatic heterocycles. The molecule has 2 atom stereocenters. The van der Waals surface area contributed by atoms with E-state index in [2.05, 4.69) is 10.3 Å².